The molecule has 2 heterocycles. The van der Waals surface area contributed by atoms with Crippen molar-refractivity contribution in [3.63, 3.8) is 0 Å². The Morgan fingerprint density at radius 2 is 0.462 bits per heavy atom. The van der Waals surface area contributed by atoms with Crippen LogP contribution in [-0.4, -0.2) is 25.3 Å². The number of rotatable bonds is 4. The molecule has 1 nitrogen and oxygen atoms in total. The van der Waals surface area contributed by atoms with Crippen LogP contribution >= 0.6 is 0 Å². The van der Waals surface area contributed by atoms with Crippen LogP contribution in [0.2, 0.25) is 0 Å². The summed E-state index contributed by atoms with van der Waals surface area (Å²) in [6.07, 6.45) is -4.18. The summed E-state index contributed by atoms with van der Waals surface area (Å²) in [6, 6.07) is 1.56. The number of benzene rings is 8. The minimum atomic E-state index is -8.05. The lowest BCUT2D eigenvalue weighted by atomic mass is 9.11. The molecular weight excluding hydrogens is 1130 g/mol. The fraction of sp³-hybridized carbons (Fsp3) is 0.125. The maximum absolute atomic E-state index is 17.3. The van der Waals surface area contributed by atoms with E-state index in [0.29, 0.717) is 6.04 Å². The molecule has 8 aromatic rings. The Balaban J connectivity index is 0.000000739. The van der Waals surface area contributed by atoms with Gasteiger partial charge in [0.25, 0.3) is 0 Å². The van der Waals surface area contributed by atoms with Crippen molar-refractivity contribution in [2.75, 3.05) is 7.05 Å². The van der Waals surface area contributed by atoms with E-state index in [1.807, 2.05) is 0 Å². The van der Waals surface area contributed by atoms with Crippen LogP contribution in [0.3, 0.4) is 0 Å². The zero-order valence-electron chi connectivity index (χ0n) is 36.9. The Hall–Kier alpha value is -7.58. The molecule has 0 spiro atoms. The van der Waals surface area contributed by atoms with E-state index in [2.05, 4.69) is 18.9 Å². The molecular formula is C48H12BF28N. The minimum Gasteiger partial charge on any atom is -0.322 e. The Kier molecular flexibility index (Phi) is 13.1. The monoisotopic (exact) mass is 1150 g/mol. The van der Waals surface area contributed by atoms with Crippen LogP contribution in [-0.2, 0) is 0 Å². The summed E-state index contributed by atoms with van der Waals surface area (Å²) in [7, 11) is 2.27. The third kappa shape index (κ3) is 6.96. The molecule has 3 atom stereocenters. The second kappa shape index (κ2) is 18.5. The van der Waals surface area contributed by atoms with Crippen LogP contribution in [0.25, 0.3) is 43.1 Å². The maximum Gasteiger partial charge on any atom is 0.198 e. The van der Waals surface area contributed by atoms with E-state index in [1.54, 1.807) is 4.90 Å². The predicted octanol–water partition coefficient (Wildman–Crippen LogP) is 11.0. The van der Waals surface area contributed by atoms with Crippen LogP contribution in [0.1, 0.15) is 19.3 Å². The first-order chi connectivity index (χ1) is 36.4. The molecule has 8 aromatic carbocycles. The van der Waals surface area contributed by atoms with Gasteiger partial charge in [-0.1, -0.05) is 5.92 Å². The highest BCUT2D eigenvalue weighted by atomic mass is 19.2. The van der Waals surface area contributed by atoms with Crippen LogP contribution in [0.4, 0.5) is 123 Å². The molecule has 1 N–H and O–H groups in total. The summed E-state index contributed by atoms with van der Waals surface area (Å²) in [4.78, 5) is 1.66. The van der Waals surface area contributed by atoms with E-state index in [-0.39, 0.29) is 0 Å². The van der Waals surface area contributed by atoms with Gasteiger partial charge >= 0.3 is 0 Å². The molecule has 0 saturated carbocycles. The van der Waals surface area contributed by atoms with Crippen molar-refractivity contribution in [3.8, 4) is 11.8 Å². The first-order valence-electron chi connectivity index (χ1n) is 21.1. The van der Waals surface area contributed by atoms with Gasteiger partial charge in [-0.3, -0.25) is 0 Å². The molecule has 2 bridgehead atoms. The van der Waals surface area contributed by atoms with Gasteiger partial charge < -0.3 is 4.90 Å². The number of fused-ring (bicyclic) bond motifs is 6. The second-order valence-electron chi connectivity index (χ2n) is 17.4. The lowest BCUT2D eigenvalue weighted by molar-refractivity contribution is -0.909. The lowest BCUT2D eigenvalue weighted by Crippen LogP contribution is -3.14. The first kappa shape index (κ1) is 55.2. The number of hydrogen-bond donors (Lipinski definition) is 1. The van der Waals surface area contributed by atoms with Gasteiger partial charge in [0, 0.05) is 12.8 Å². The molecule has 0 amide bonds. The number of hydrogen-bond acceptors (Lipinski definition) is 0. The average Bonchev–Trinajstić information content (AvgIpc) is 3.70. The van der Waals surface area contributed by atoms with E-state index < -0.39 is 234 Å². The highest BCUT2D eigenvalue weighted by Crippen LogP contribution is 2.42. The van der Waals surface area contributed by atoms with Gasteiger partial charge in [0.1, 0.15) is 35.5 Å². The highest BCUT2D eigenvalue weighted by molar-refractivity contribution is 7.23. The largest absolute Gasteiger partial charge is 0.322 e. The molecule has 1 fully saturated rings. The van der Waals surface area contributed by atoms with Crippen LogP contribution in [0.15, 0.2) is 0 Å². The summed E-state index contributed by atoms with van der Waals surface area (Å²) in [5, 5.41) is -27.0. The van der Waals surface area contributed by atoms with Gasteiger partial charge in [-0.05, 0) is 27.5 Å². The van der Waals surface area contributed by atoms with E-state index in [9.17, 15) is 17.6 Å². The zero-order valence-corrected chi connectivity index (χ0v) is 36.9. The molecule has 1 unspecified atom stereocenters. The minimum absolute atomic E-state index is 0.684. The highest BCUT2D eigenvalue weighted by Gasteiger charge is 2.52. The Labute approximate surface area is 411 Å². The van der Waals surface area contributed by atoms with Gasteiger partial charge in [0.2, 0.25) is 0 Å². The number of quaternary nitrogens is 1. The first-order valence-corrected chi connectivity index (χ1v) is 21.1. The molecule has 0 aliphatic carbocycles. The van der Waals surface area contributed by atoms with Crippen molar-refractivity contribution in [2.45, 2.75) is 31.3 Å². The van der Waals surface area contributed by atoms with Gasteiger partial charge in [0.15, 0.2) is 140 Å². The van der Waals surface area contributed by atoms with Gasteiger partial charge in [0.05, 0.1) is 41.1 Å². The van der Waals surface area contributed by atoms with E-state index in [4.69, 9.17) is 0 Å². The predicted molar refractivity (Wildman–Crippen MR) is 215 cm³/mol. The number of halogens is 28. The third-order valence-electron chi connectivity index (χ3n) is 13.9. The van der Waals surface area contributed by atoms with Crippen molar-refractivity contribution in [1.29, 1.82) is 0 Å². The van der Waals surface area contributed by atoms with Crippen molar-refractivity contribution in [3.05, 3.63) is 163 Å². The maximum atomic E-state index is 17.3. The van der Waals surface area contributed by atoms with Crippen molar-refractivity contribution in [1.82, 2.24) is 0 Å². The third-order valence-corrected chi connectivity index (χ3v) is 13.9. The molecule has 0 radical (unpaired) electrons. The molecule has 408 valence electrons. The van der Waals surface area contributed by atoms with Crippen molar-refractivity contribution >= 4 is 71.1 Å². The molecule has 1 saturated heterocycles. The Bertz CT molecular complexity index is 3640. The van der Waals surface area contributed by atoms with Crippen LogP contribution < -0.4 is 26.8 Å². The smallest absolute Gasteiger partial charge is 0.198 e. The van der Waals surface area contributed by atoms with Crippen LogP contribution in [0, 0.1) is 175 Å². The van der Waals surface area contributed by atoms with E-state index in [1.165, 1.54) is 12.8 Å². The quantitative estimate of drug-likeness (QED) is 0.0589. The standard InChI is InChI=1S/C40BF28.C8H11N/c42-13-1-5(21(50)37(66)33(13)62)17(46)29(58)25(54)9(1)41(10-2-6(18(47)30(59)26(10)55)22(51)38(67)34(63)14(2)43,11-3-7(19(48)31(60)27(11)56)23(52)39(68)35(64)15(3)44)12-4-8(20(49)32(61)28(12)57)24(53)40(69)36(65)16(4)45;1-9-7-3-2-4-8(9)6-5-7/h;7-8H,3,5-6H2,1H3/q-1;/p+1/t;7-,8+/m.1/s1. The van der Waals surface area contributed by atoms with Gasteiger partial charge in [-0.15, -0.1) is 21.9 Å². The topological polar surface area (TPSA) is 4.44 Å². The summed E-state index contributed by atoms with van der Waals surface area (Å²) in [5.41, 5.74) is -15.5. The summed E-state index contributed by atoms with van der Waals surface area (Å²) >= 11 is 0. The van der Waals surface area contributed by atoms with E-state index in [0.717, 1.165) is 12.5 Å². The number of nitrogens with one attached hydrogen (secondary N) is 1. The summed E-state index contributed by atoms with van der Waals surface area (Å²) in [5.74, 6) is -97.7. The van der Waals surface area contributed by atoms with Crippen molar-refractivity contribution < 1.29 is 128 Å². The van der Waals surface area contributed by atoms with E-state index >= 15 is 105 Å². The summed E-state index contributed by atoms with van der Waals surface area (Å²) < 4.78 is 446. The second-order valence-corrected chi connectivity index (χ2v) is 17.4. The molecule has 2 aliphatic rings. The van der Waals surface area contributed by atoms with Crippen molar-refractivity contribution in [2.24, 2.45) is 0 Å². The molecule has 30 heteroatoms. The molecule has 2 aliphatic heterocycles. The fourth-order valence-electron chi connectivity index (χ4n) is 10.5. The molecule has 78 heavy (non-hydrogen) atoms. The zero-order chi connectivity index (χ0) is 57.9. The van der Waals surface area contributed by atoms with Gasteiger partial charge in [-0.25, -0.2) is 123 Å². The summed E-state index contributed by atoms with van der Waals surface area (Å²) in [6.45, 7) is 0. The van der Waals surface area contributed by atoms with Gasteiger partial charge in [-0.2, -0.15) is 0 Å². The fourth-order valence-corrected chi connectivity index (χ4v) is 10.5. The lowest BCUT2D eigenvalue weighted by Gasteiger charge is -2.47. The van der Waals surface area contributed by atoms with Crippen LogP contribution in [0.5, 0.6) is 0 Å². The molecule has 0 aromatic heterocycles. The Morgan fingerprint density at radius 1 is 0.269 bits per heavy atom. The normalized spacial score (nSPS) is 16.2. The average molecular weight is 1150 g/mol. The SMILES string of the molecule is C[NH+]1[C@@H]2CC#C[C@H]1CC2.Fc1c(F)c(F)c2c([B-](c3c(F)c(F)c(F)c4c(F)c(F)c(F)c(F)c34)(c3c(F)c(F)c(F)c4c(F)c(F)c(F)c(F)c34)c3c(F)c(F)c(F)c4c(F)c(F)c(F)c(F)c34)c(F)c(F)c(F)c2c1F. The molecule has 10 rings (SSSR count). The Morgan fingerprint density at radius 3 is 0.654 bits per heavy atom.